The van der Waals surface area contributed by atoms with Gasteiger partial charge in [0.05, 0.1) is 10.7 Å². The van der Waals surface area contributed by atoms with Gasteiger partial charge in [-0.25, -0.2) is 4.39 Å². The summed E-state index contributed by atoms with van der Waals surface area (Å²) in [6.07, 6.45) is 1.47. The molecule has 0 aliphatic rings. The average Bonchev–Trinajstić information content (AvgIpc) is 2.58. The van der Waals surface area contributed by atoms with Gasteiger partial charge in [0.15, 0.2) is 0 Å². The minimum atomic E-state index is -0.529. The van der Waals surface area contributed by atoms with Gasteiger partial charge >= 0.3 is 0 Å². The number of phenols is 1. The quantitative estimate of drug-likeness (QED) is 0.745. The van der Waals surface area contributed by atoms with Gasteiger partial charge in [0.1, 0.15) is 17.4 Å². The maximum absolute atomic E-state index is 13.0. The van der Waals surface area contributed by atoms with Gasteiger partial charge in [-0.05, 0) is 22.0 Å². The smallest absolute Gasteiger partial charge is 0.141 e. The van der Waals surface area contributed by atoms with Gasteiger partial charge in [0, 0.05) is 17.2 Å². The first-order chi connectivity index (χ1) is 7.09. The lowest BCUT2D eigenvalue weighted by Gasteiger charge is -2.04. The van der Waals surface area contributed by atoms with E-state index in [9.17, 15) is 9.50 Å². The fraction of sp³-hybridized carbons (Fsp3) is 0. The van der Waals surface area contributed by atoms with Crippen molar-refractivity contribution in [3.63, 3.8) is 0 Å². The molecule has 0 aliphatic heterocycles. The molecule has 6 heteroatoms. The number of H-pyrrole nitrogens is 1. The highest BCUT2D eigenvalue weighted by Crippen LogP contribution is 2.35. The highest BCUT2D eigenvalue weighted by Gasteiger charge is 2.12. The van der Waals surface area contributed by atoms with Crippen LogP contribution in [0.4, 0.5) is 10.2 Å². The van der Waals surface area contributed by atoms with Crippen LogP contribution >= 0.6 is 15.9 Å². The molecular formula is C9H7BrFN3O. The van der Waals surface area contributed by atoms with Crippen LogP contribution in [0, 0.1) is 5.82 Å². The van der Waals surface area contributed by atoms with E-state index in [4.69, 9.17) is 5.73 Å². The molecule has 0 unspecified atom stereocenters. The summed E-state index contributed by atoms with van der Waals surface area (Å²) in [6.45, 7) is 0. The Hall–Kier alpha value is -1.56. The van der Waals surface area contributed by atoms with Crippen LogP contribution in [0.25, 0.3) is 11.1 Å². The largest absolute Gasteiger partial charge is 0.507 e. The van der Waals surface area contributed by atoms with E-state index in [0.717, 1.165) is 6.07 Å². The van der Waals surface area contributed by atoms with E-state index in [1.165, 1.54) is 12.3 Å². The number of nitrogens with zero attached hydrogens (tertiary/aromatic N) is 1. The second-order valence-corrected chi connectivity index (χ2v) is 3.84. The van der Waals surface area contributed by atoms with Crippen molar-refractivity contribution in [1.82, 2.24) is 10.2 Å². The topological polar surface area (TPSA) is 74.9 Å². The molecule has 2 rings (SSSR count). The van der Waals surface area contributed by atoms with Gasteiger partial charge in [-0.1, -0.05) is 0 Å². The van der Waals surface area contributed by atoms with Crippen LogP contribution in [-0.2, 0) is 0 Å². The molecule has 4 N–H and O–H groups in total. The normalized spacial score (nSPS) is 10.5. The number of halogens is 2. The summed E-state index contributed by atoms with van der Waals surface area (Å²) in [5.41, 5.74) is 6.55. The number of anilines is 1. The van der Waals surface area contributed by atoms with Crippen LogP contribution in [0.1, 0.15) is 0 Å². The summed E-state index contributed by atoms with van der Waals surface area (Å²) >= 11 is 3.03. The van der Waals surface area contributed by atoms with Crippen molar-refractivity contribution in [3.05, 3.63) is 28.6 Å². The highest BCUT2D eigenvalue weighted by atomic mass is 79.9. The number of benzene rings is 1. The zero-order valence-corrected chi connectivity index (χ0v) is 9.05. The zero-order valence-electron chi connectivity index (χ0n) is 7.46. The SMILES string of the molecule is Nc1[nH]ncc1-c1cc(Br)c(F)cc1O. The number of rotatable bonds is 1. The molecule has 0 bridgehead atoms. The lowest BCUT2D eigenvalue weighted by atomic mass is 10.1. The Morgan fingerprint density at radius 3 is 2.73 bits per heavy atom. The number of aromatic nitrogens is 2. The van der Waals surface area contributed by atoms with Crippen molar-refractivity contribution in [3.8, 4) is 16.9 Å². The molecule has 2 aromatic rings. The van der Waals surface area contributed by atoms with Crippen LogP contribution in [-0.4, -0.2) is 15.3 Å². The van der Waals surface area contributed by atoms with Crippen molar-refractivity contribution in [2.24, 2.45) is 0 Å². The molecule has 0 radical (unpaired) electrons. The van der Waals surface area contributed by atoms with Gasteiger partial charge in [-0.3, -0.25) is 5.10 Å². The molecule has 4 nitrogen and oxygen atoms in total. The lowest BCUT2D eigenvalue weighted by molar-refractivity contribution is 0.470. The molecule has 78 valence electrons. The fourth-order valence-electron chi connectivity index (χ4n) is 1.26. The predicted octanol–water partition coefficient (Wildman–Crippen LogP) is 2.27. The zero-order chi connectivity index (χ0) is 11.0. The first-order valence-corrected chi connectivity index (χ1v) is 4.86. The standard InChI is InChI=1S/C9H7BrFN3O/c10-6-1-4(8(15)2-7(6)11)5-3-13-14-9(5)12/h1-3,15H,(H3,12,13,14). The number of aromatic hydroxyl groups is 1. The molecule has 0 amide bonds. The summed E-state index contributed by atoms with van der Waals surface area (Å²) in [6, 6.07) is 2.47. The van der Waals surface area contributed by atoms with Gasteiger partial charge in [0.25, 0.3) is 0 Å². The van der Waals surface area contributed by atoms with E-state index in [1.807, 2.05) is 0 Å². The number of aromatic amines is 1. The Morgan fingerprint density at radius 2 is 2.13 bits per heavy atom. The molecule has 0 saturated heterocycles. The van der Waals surface area contributed by atoms with Crippen molar-refractivity contribution in [1.29, 1.82) is 0 Å². The molecule has 0 aliphatic carbocycles. The molecule has 1 aromatic heterocycles. The van der Waals surface area contributed by atoms with Crippen LogP contribution < -0.4 is 5.73 Å². The minimum Gasteiger partial charge on any atom is -0.507 e. The first kappa shape index (κ1) is 9.97. The maximum Gasteiger partial charge on any atom is 0.141 e. The van der Waals surface area contributed by atoms with Crippen LogP contribution in [0.5, 0.6) is 5.75 Å². The van der Waals surface area contributed by atoms with Crippen LogP contribution in [0.2, 0.25) is 0 Å². The van der Waals surface area contributed by atoms with Gasteiger partial charge in [-0.2, -0.15) is 5.10 Å². The Labute approximate surface area is 93.1 Å². The first-order valence-electron chi connectivity index (χ1n) is 4.07. The molecule has 15 heavy (non-hydrogen) atoms. The second kappa shape index (κ2) is 3.54. The lowest BCUT2D eigenvalue weighted by Crippen LogP contribution is -1.89. The Morgan fingerprint density at radius 1 is 1.40 bits per heavy atom. The number of phenolic OH excluding ortho intramolecular Hbond substituents is 1. The van der Waals surface area contributed by atoms with Crippen molar-refractivity contribution < 1.29 is 9.50 Å². The summed E-state index contributed by atoms with van der Waals surface area (Å²) in [7, 11) is 0. The Balaban J connectivity index is 2.64. The highest BCUT2D eigenvalue weighted by molar-refractivity contribution is 9.10. The number of nitrogens with two attached hydrogens (primary N) is 1. The van der Waals surface area contributed by atoms with Gasteiger partial charge < -0.3 is 10.8 Å². The van der Waals surface area contributed by atoms with Crippen LogP contribution in [0.15, 0.2) is 22.8 Å². The number of nitrogens with one attached hydrogen (secondary N) is 1. The van der Waals surface area contributed by atoms with Crippen LogP contribution in [0.3, 0.4) is 0 Å². The molecule has 0 saturated carbocycles. The third kappa shape index (κ3) is 1.68. The fourth-order valence-corrected chi connectivity index (χ4v) is 1.61. The average molecular weight is 272 g/mol. The Bertz CT molecular complexity index is 512. The third-order valence-electron chi connectivity index (χ3n) is 2.00. The molecule has 1 aromatic carbocycles. The summed E-state index contributed by atoms with van der Waals surface area (Å²) in [4.78, 5) is 0. The minimum absolute atomic E-state index is 0.177. The van der Waals surface area contributed by atoms with Gasteiger partial charge in [0.2, 0.25) is 0 Å². The summed E-state index contributed by atoms with van der Waals surface area (Å²) in [5.74, 6) is -0.383. The van der Waals surface area contributed by atoms with E-state index >= 15 is 0 Å². The molecule has 0 spiro atoms. The predicted molar refractivity (Wildman–Crippen MR) is 57.8 cm³/mol. The van der Waals surface area contributed by atoms with E-state index in [-0.39, 0.29) is 10.2 Å². The second-order valence-electron chi connectivity index (χ2n) is 2.98. The maximum atomic E-state index is 13.0. The molecule has 0 atom stereocenters. The summed E-state index contributed by atoms with van der Waals surface area (Å²) in [5, 5.41) is 15.8. The van der Waals surface area contributed by atoms with Crippen molar-refractivity contribution in [2.45, 2.75) is 0 Å². The third-order valence-corrected chi connectivity index (χ3v) is 2.61. The molecular weight excluding hydrogens is 265 g/mol. The van der Waals surface area contributed by atoms with E-state index in [2.05, 4.69) is 26.1 Å². The van der Waals surface area contributed by atoms with Crippen molar-refractivity contribution in [2.75, 3.05) is 5.73 Å². The van der Waals surface area contributed by atoms with Gasteiger partial charge in [-0.15, -0.1) is 0 Å². The summed E-state index contributed by atoms with van der Waals surface area (Å²) < 4.78 is 13.3. The number of nitrogen functional groups attached to an aromatic ring is 1. The van der Waals surface area contributed by atoms with E-state index < -0.39 is 5.82 Å². The number of hydrogen-bond donors (Lipinski definition) is 3. The van der Waals surface area contributed by atoms with E-state index in [1.54, 1.807) is 0 Å². The van der Waals surface area contributed by atoms with Crippen molar-refractivity contribution >= 4 is 21.7 Å². The van der Waals surface area contributed by atoms with E-state index in [0.29, 0.717) is 16.9 Å². The monoisotopic (exact) mass is 271 g/mol. The Kier molecular flexibility index (Phi) is 2.36. The number of hydrogen-bond acceptors (Lipinski definition) is 3. The molecule has 1 heterocycles. The molecule has 0 fully saturated rings.